The fraction of sp³-hybridized carbons (Fsp3) is 0.526. The van der Waals surface area contributed by atoms with Gasteiger partial charge in [0.1, 0.15) is 19.0 Å². The Morgan fingerprint density at radius 1 is 1.28 bits per heavy atom. The molecule has 6 heteroatoms. The number of hydrogen-bond donors (Lipinski definition) is 1. The van der Waals surface area contributed by atoms with Gasteiger partial charge in [0.05, 0.1) is 17.8 Å². The molecule has 2 atom stereocenters. The molecule has 0 bridgehead atoms. The third-order valence-corrected chi connectivity index (χ3v) is 5.18. The standard InChI is InChI=1S/C19H25N3O3/c1-12-13(2)21-19(20-12)16-9-15(23-3)11-22(16)10-14-5-4-6-17-18(14)25-8-7-24-17/h4-6,15-16H,7-11H2,1-3H3,(H,20,21)/t15-,16+/m1/s1. The van der Waals surface area contributed by atoms with Crippen LogP contribution in [0.1, 0.15) is 35.2 Å². The van der Waals surface area contributed by atoms with E-state index in [1.807, 2.05) is 19.1 Å². The Bertz CT molecular complexity index is 739. The maximum Gasteiger partial charge on any atom is 0.165 e. The lowest BCUT2D eigenvalue weighted by atomic mass is 10.1. The summed E-state index contributed by atoms with van der Waals surface area (Å²) in [5.41, 5.74) is 3.34. The summed E-state index contributed by atoms with van der Waals surface area (Å²) in [5.74, 6) is 2.74. The fourth-order valence-corrected chi connectivity index (χ4v) is 3.70. The van der Waals surface area contributed by atoms with Crippen LogP contribution in [-0.4, -0.2) is 47.8 Å². The molecule has 0 amide bonds. The Kier molecular flexibility index (Phi) is 4.39. The van der Waals surface area contributed by atoms with Gasteiger partial charge in [0.2, 0.25) is 0 Å². The largest absolute Gasteiger partial charge is 0.486 e. The molecule has 1 aromatic heterocycles. The number of rotatable bonds is 4. The third kappa shape index (κ3) is 3.12. The quantitative estimate of drug-likeness (QED) is 0.925. The number of imidazole rings is 1. The summed E-state index contributed by atoms with van der Waals surface area (Å²) in [6.07, 6.45) is 1.15. The molecular formula is C19H25N3O3. The van der Waals surface area contributed by atoms with Gasteiger partial charge in [0, 0.05) is 31.5 Å². The van der Waals surface area contributed by atoms with Gasteiger partial charge in [-0.25, -0.2) is 4.98 Å². The van der Waals surface area contributed by atoms with Gasteiger partial charge >= 0.3 is 0 Å². The van der Waals surface area contributed by atoms with Crippen LogP contribution < -0.4 is 9.47 Å². The molecule has 0 unspecified atom stereocenters. The number of aryl methyl sites for hydroxylation is 2. The van der Waals surface area contributed by atoms with E-state index in [0.717, 1.165) is 53.8 Å². The van der Waals surface area contributed by atoms with Gasteiger partial charge in [0.25, 0.3) is 0 Å². The second-order valence-corrected chi connectivity index (χ2v) is 6.81. The van der Waals surface area contributed by atoms with E-state index in [2.05, 4.69) is 22.9 Å². The van der Waals surface area contributed by atoms with Crippen LogP contribution >= 0.6 is 0 Å². The van der Waals surface area contributed by atoms with E-state index in [9.17, 15) is 0 Å². The molecule has 0 radical (unpaired) electrons. The first kappa shape index (κ1) is 16.4. The summed E-state index contributed by atoms with van der Waals surface area (Å²) in [6, 6.07) is 6.33. The summed E-state index contributed by atoms with van der Waals surface area (Å²) in [7, 11) is 1.78. The molecule has 0 aliphatic carbocycles. The van der Waals surface area contributed by atoms with E-state index in [1.54, 1.807) is 7.11 Å². The van der Waals surface area contributed by atoms with Crippen molar-refractivity contribution in [3.8, 4) is 11.5 Å². The predicted molar refractivity (Wildman–Crippen MR) is 94.1 cm³/mol. The summed E-state index contributed by atoms with van der Waals surface area (Å²) >= 11 is 0. The highest BCUT2D eigenvalue weighted by Gasteiger charge is 2.36. The Morgan fingerprint density at radius 2 is 2.12 bits per heavy atom. The van der Waals surface area contributed by atoms with Crippen molar-refractivity contribution in [2.75, 3.05) is 26.9 Å². The molecule has 3 heterocycles. The lowest BCUT2D eigenvalue weighted by molar-refractivity contribution is 0.106. The van der Waals surface area contributed by atoms with Crippen LogP contribution in [0.25, 0.3) is 0 Å². The Balaban J connectivity index is 1.61. The van der Waals surface area contributed by atoms with Gasteiger partial charge < -0.3 is 19.2 Å². The SMILES string of the molecule is CO[C@@H]1C[C@@H](c2nc(C)c(C)[nH]2)N(Cc2cccc3c2OCCO3)C1. The van der Waals surface area contributed by atoms with Gasteiger partial charge in [-0.15, -0.1) is 0 Å². The van der Waals surface area contributed by atoms with Crippen molar-refractivity contribution >= 4 is 0 Å². The lowest BCUT2D eigenvalue weighted by Crippen LogP contribution is -2.26. The Hall–Kier alpha value is -2.05. The van der Waals surface area contributed by atoms with Gasteiger partial charge in [-0.1, -0.05) is 12.1 Å². The minimum absolute atomic E-state index is 0.215. The van der Waals surface area contributed by atoms with Crippen molar-refractivity contribution in [1.82, 2.24) is 14.9 Å². The fourth-order valence-electron chi connectivity index (χ4n) is 3.70. The van der Waals surface area contributed by atoms with Gasteiger partial charge in [-0.05, 0) is 26.3 Å². The van der Waals surface area contributed by atoms with Crippen LogP contribution in [0.3, 0.4) is 0 Å². The zero-order valence-electron chi connectivity index (χ0n) is 15.0. The monoisotopic (exact) mass is 343 g/mol. The number of para-hydroxylation sites is 1. The van der Waals surface area contributed by atoms with Crippen LogP contribution in [0.2, 0.25) is 0 Å². The summed E-state index contributed by atoms with van der Waals surface area (Å²) in [5, 5.41) is 0. The lowest BCUT2D eigenvalue weighted by Gasteiger charge is -2.26. The summed E-state index contributed by atoms with van der Waals surface area (Å²) < 4.78 is 17.2. The zero-order valence-corrected chi connectivity index (χ0v) is 15.0. The molecule has 25 heavy (non-hydrogen) atoms. The third-order valence-electron chi connectivity index (χ3n) is 5.18. The van der Waals surface area contributed by atoms with Crippen molar-refractivity contribution < 1.29 is 14.2 Å². The average molecular weight is 343 g/mol. The average Bonchev–Trinajstić information content (AvgIpc) is 3.18. The number of benzene rings is 1. The molecule has 1 fully saturated rings. The molecule has 0 saturated carbocycles. The number of H-pyrrole nitrogens is 1. The highest BCUT2D eigenvalue weighted by molar-refractivity contribution is 5.47. The number of likely N-dealkylation sites (tertiary alicyclic amines) is 1. The van der Waals surface area contributed by atoms with Crippen LogP contribution in [0.5, 0.6) is 11.5 Å². The van der Waals surface area contributed by atoms with Crippen LogP contribution in [-0.2, 0) is 11.3 Å². The van der Waals surface area contributed by atoms with E-state index >= 15 is 0 Å². The topological polar surface area (TPSA) is 59.6 Å². The number of ether oxygens (including phenoxy) is 3. The van der Waals surface area contributed by atoms with Crippen molar-refractivity contribution in [2.45, 2.75) is 39.0 Å². The van der Waals surface area contributed by atoms with Gasteiger partial charge in [-0.3, -0.25) is 4.90 Å². The normalized spacial score (nSPS) is 23.2. The minimum atomic E-state index is 0.215. The Labute approximate surface area is 148 Å². The number of aromatic nitrogens is 2. The highest BCUT2D eigenvalue weighted by Crippen LogP contribution is 2.38. The molecule has 2 aliphatic heterocycles. The van der Waals surface area contributed by atoms with Crippen molar-refractivity contribution in [2.24, 2.45) is 0 Å². The first-order valence-corrected chi connectivity index (χ1v) is 8.83. The van der Waals surface area contributed by atoms with E-state index < -0.39 is 0 Å². The number of aromatic amines is 1. The Morgan fingerprint density at radius 3 is 2.88 bits per heavy atom. The second kappa shape index (κ2) is 6.69. The number of nitrogens with zero attached hydrogens (tertiary/aromatic N) is 2. The molecule has 4 rings (SSSR count). The molecule has 0 spiro atoms. The first-order valence-electron chi connectivity index (χ1n) is 8.83. The number of nitrogens with one attached hydrogen (secondary N) is 1. The van der Waals surface area contributed by atoms with Crippen molar-refractivity contribution in [1.29, 1.82) is 0 Å². The second-order valence-electron chi connectivity index (χ2n) is 6.81. The molecule has 1 saturated heterocycles. The highest BCUT2D eigenvalue weighted by atomic mass is 16.6. The molecule has 1 aromatic carbocycles. The molecule has 1 N–H and O–H groups in total. The smallest absolute Gasteiger partial charge is 0.165 e. The van der Waals surface area contributed by atoms with Crippen LogP contribution in [0.4, 0.5) is 0 Å². The van der Waals surface area contributed by atoms with E-state index in [0.29, 0.717) is 13.2 Å². The van der Waals surface area contributed by atoms with E-state index in [1.165, 1.54) is 0 Å². The van der Waals surface area contributed by atoms with E-state index in [4.69, 9.17) is 19.2 Å². The molecule has 134 valence electrons. The number of methoxy groups -OCH3 is 1. The van der Waals surface area contributed by atoms with Gasteiger partial charge in [0.15, 0.2) is 11.5 Å². The van der Waals surface area contributed by atoms with Crippen LogP contribution in [0.15, 0.2) is 18.2 Å². The zero-order chi connectivity index (χ0) is 17.4. The number of hydrogen-bond acceptors (Lipinski definition) is 5. The number of fused-ring (bicyclic) bond motifs is 1. The van der Waals surface area contributed by atoms with Crippen molar-refractivity contribution in [3.63, 3.8) is 0 Å². The maximum absolute atomic E-state index is 5.88. The van der Waals surface area contributed by atoms with Gasteiger partial charge in [-0.2, -0.15) is 0 Å². The maximum atomic E-state index is 5.88. The van der Waals surface area contributed by atoms with Crippen molar-refractivity contribution in [3.05, 3.63) is 41.0 Å². The molecule has 2 aliphatic rings. The van der Waals surface area contributed by atoms with Crippen LogP contribution in [0, 0.1) is 13.8 Å². The first-order chi connectivity index (χ1) is 12.2. The molecule has 6 nitrogen and oxygen atoms in total. The predicted octanol–water partition coefficient (Wildman–Crippen LogP) is 2.76. The summed E-state index contributed by atoms with van der Waals surface area (Å²) in [6.45, 7) is 6.99. The molecule has 2 aromatic rings. The minimum Gasteiger partial charge on any atom is -0.486 e. The summed E-state index contributed by atoms with van der Waals surface area (Å²) in [4.78, 5) is 10.6. The van der Waals surface area contributed by atoms with E-state index in [-0.39, 0.29) is 12.1 Å². The molecular weight excluding hydrogens is 318 g/mol.